The van der Waals surface area contributed by atoms with Crippen LogP contribution in [0.25, 0.3) is 0 Å². The molecule has 0 spiro atoms. The van der Waals surface area contributed by atoms with E-state index in [1.54, 1.807) is 13.0 Å². The first-order chi connectivity index (χ1) is 12.6. The normalized spacial score (nSPS) is 9.62. The van der Waals surface area contributed by atoms with Gasteiger partial charge in [-0.3, -0.25) is 0 Å². The summed E-state index contributed by atoms with van der Waals surface area (Å²) in [5.41, 5.74) is 2.61. The van der Waals surface area contributed by atoms with Crippen LogP contribution in [0, 0.1) is 18.8 Å². The van der Waals surface area contributed by atoms with Crippen molar-refractivity contribution in [2.24, 2.45) is 0 Å². The molecule has 134 valence electrons. The van der Waals surface area contributed by atoms with E-state index in [0.29, 0.717) is 24.1 Å². The van der Waals surface area contributed by atoms with Crippen molar-refractivity contribution in [3.63, 3.8) is 0 Å². The number of nitrogens with one attached hydrogen (secondary N) is 1. The van der Waals surface area contributed by atoms with Gasteiger partial charge in [0.05, 0.1) is 7.11 Å². The highest BCUT2D eigenvalue weighted by atomic mass is 16.5. The number of aromatic nitrogens is 1. The number of nitrogens with zero attached hydrogens (tertiary/aromatic N) is 1. The molecule has 0 atom stereocenters. The van der Waals surface area contributed by atoms with Crippen LogP contribution < -0.4 is 5.32 Å². The highest BCUT2D eigenvalue weighted by Crippen LogP contribution is 2.08. The average molecular weight is 352 g/mol. The Labute approximate surface area is 152 Å². The number of rotatable bonds is 5. The lowest BCUT2D eigenvalue weighted by Gasteiger charge is -2.05. The zero-order chi connectivity index (χ0) is 18.8. The van der Waals surface area contributed by atoms with Crippen molar-refractivity contribution in [3.05, 3.63) is 65.0 Å². The first-order valence-electron chi connectivity index (χ1n) is 8.08. The van der Waals surface area contributed by atoms with Crippen molar-refractivity contribution in [2.75, 3.05) is 13.7 Å². The summed E-state index contributed by atoms with van der Waals surface area (Å²) in [5.74, 6) is 5.42. The van der Waals surface area contributed by atoms with E-state index >= 15 is 0 Å². The monoisotopic (exact) mass is 352 g/mol. The minimum Gasteiger partial charge on any atom is -0.464 e. The van der Waals surface area contributed by atoms with Crippen LogP contribution in [0.5, 0.6) is 0 Å². The van der Waals surface area contributed by atoms with Crippen molar-refractivity contribution < 1.29 is 19.1 Å². The number of hydrogen-bond donors (Lipinski definition) is 1. The number of alkyl carbamates (subject to hydrolysis) is 1. The predicted molar refractivity (Wildman–Crippen MR) is 96.4 cm³/mol. The summed E-state index contributed by atoms with van der Waals surface area (Å²) in [6.07, 6.45) is 1.52. The van der Waals surface area contributed by atoms with E-state index in [1.165, 1.54) is 13.3 Å². The second-order valence-corrected chi connectivity index (χ2v) is 5.42. The molecule has 0 aliphatic heterocycles. The van der Waals surface area contributed by atoms with Gasteiger partial charge in [0.25, 0.3) is 0 Å². The molecule has 0 aliphatic rings. The lowest BCUT2D eigenvalue weighted by Crippen LogP contribution is -2.24. The van der Waals surface area contributed by atoms with E-state index in [9.17, 15) is 9.59 Å². The van der Waals surface area contributed by atoms with Crippen LogP contribution in [0.15, 0.2) is 42.6 Å². The molecule has 0 aliphatic carbocycles. The van der Waals surface area contributed by atoms with Crippen molar-refractivity contribution in [1.29, 1.82) is 0 Å². The third kappa shape index (κ3) is 5.95. The van der Waals surface area contributed by atoms with E-state index in [2.05, 4.69) is 26.9 Å². The average Bonchev–Trinajstić information content (AvgIpc) is 2.66. The lowest BCUT2D eigenvalue weighted by molar-refractivity contribution is 0.0593. The zero-order valence-corrected chi connectivity index (χ0v) is 14.7. The van der Waals surface area contributed by atoms with Crippen molar-refractivity contribution in [1.82, 2.24) is 10.3 Å². The number of esters is 1. The van der Waals surface area contributed by atoms with E-state index in [0.717, 1.165) is 5.56 Å². The highest BCUT2D eigenvalue weighted by Gasteiger charge is 2.10. The quantitative estimate of drug-likeness (QED) is 0.509. The van der Waals surface area contributed by atoms with Gasteiger partial charge in [-0.05, 0) is 24.1 Å². The number of benzene rings is 1. The molecule has 1 aromatic carbocycles. The Kier molecular flexibility index (Phi) is 7.19. The highest BCUT2D eigenvalue weighted by molar-refractivity contribution is 5.88. The van der Waals surface area contributed by atoms with Gasteiger partial charge in [-0.15, -0.1) is 0 Å². The number of ether oxygens (including phenoxy) is 2. The Morgan fingerprint density at radius 3 is 2.69 bits per heavy atom. The van der Waals surface area contributed by atoms with Crippen LogP contribution in [-0.4, -0.2) is 30.7 Å². The molecule has 1 amide bonds. The molecular formula is C20H20N2O4. The van der Waals surface area contributed by atoms with Crippen molar-refractivity contribution in [3.8, 4) is 11.8 Å². The summed E-state index contributed by atoms with van der Waals surface area (Å²) >= 11 is 0. The lowest BCUT2D eigenvalue weighted by atomic mass is 10.1. The van der Waals surface area contributed by atoms with Gasteiger partial charge in [0.2, 0.25) is 0 Å². The van der Waals surface area contributed by atoms with Crippen molar-refractivity contribution in [2.45, 2.75) is 20.0 Å². The molecule has 1 aromatic heterocycles. The SMILES string of the molecule is COC(=O)c1ncc(C#CCCNC(=O)OCc2ccccc2)cc1C. The maximum atomic E-state index is 11.6. The van der Waals surface area contributed by atoms with Crippen LogP contribution in [0.4, 0.5) is 4.79 Å². The van der Waals surface area contributed by atoms with E-state index in [1.807, 2.05) is 30.3 Å². The van der Waals surface area contributed by atoms with Gasteiger partial charge in [-0.1, -0.05) is 42.2 Å². The van der Waals surface area contributed by atoms with Crippen molar-refractivity contribution >= 4 is 12.1 Å². The summed E-state index contributed by atoms with van der Waals surface area (Å²) in [7, 11) is 1.31. The Hall–Kier alpha value is -3.33. The minimum atomic E-state index is -0.476. The summed E-state index contributed by atoms with van der Waals surface area (Å²) in [6.45, 7) is 2.39. The summed E-state index contributed by atoms with van der Waals surface area (Å²) in [6, 6.07) is 11.2. The van der Waals surface area contributed by atoms with Gasteiger partial charge in [0.15, 0.2) is 5.69 Å². The van der Waals surface area contributed by atoms with Gasteiger partial charge >= 0.3 is 12.1 Å². The molecule has 0 unspecified atom stereocenters. The predicted octanol–water partition coefficient (Wildman–Crippen LogP) is 2.84. The number of pyridine rings is 1. The van der Waals surface area contributed by atoms with E-state index in [4.69, 9.17) is 4.74 Å². The summed E-state index contributed by atoms with van der Waals surface area (Å²) in [5, 5.41) is 2.64. The van der Waals surface area contributed by atoms with Gasteiger partial charge in [0, 0.05) is 24.7 Å². The number of aryl methyl sites for hydroxylation is 1. The van der Waals surface area contributed by atoms with Gasteiger partial charge in [-0.2, -0.15) is 0 Å². The first-order valence-corrected chi connectivity index (χ1v) is 8.08. The molecule has 0 bridgehead atoms. The topological polar surface area (TPSA) is 77.5 Å². The second-order valence-electron chi connectivity index (χ2n) is 5.42. The van der Waals surface area contributed by atoms with E-state index in [-0.39, 0.29) is 12.3 Å². The fraction of sp³-hybridized carbons (Fsp3) is 0.250. The summed E-state index contributed by atoms with van der Waals surface area (Å²) in [4.78, 5) is 27.1. The molecule has 0 saturated heterocycles. The molecule has 6 nitrogen and oxygen atoms in total. The maximum Gasteiger partial charge on any atom is 0.407 e. The Balaban J connectivity index is 1.74. The number of amides is 1. The zero-order valence-electron chi connectivity index (χ0n) is 14.7. The Morgan fingerprint density at radius 2 is 2.00 bits per heavy atom. The molecule has 1 N–H and O–H groups in total. The molecule has 0 radical (unpaired) electrons. The molecule has 2 rings (SSSR count). The molecule has 1 heterocycles. The van der Waals surface area contributed by atoms with Gasteiger partial charge < -0.3 is 14.8 Å². The van der Waals surface area contributed by atoms with Crippen LogP contribution in [-0.2, 0) is 16.1 Å². The minimum absolute atomic E-state index is 0.232. The first kappa shape index (κ1) is 19.0. The largest absolute Gasteiger partial charge is 0.464 e. The second kappa shape index (κ2) is 9.84. The third-order valence-corrected chi connectivity index (χ3v) is 3.42. The van der Waals surface area contributed by atoms with Gasteiger partial charge in [-0.25, -0.2) is 14.6 Å². The van der Waals surface area contributed by atoms with Crippen LogP contribution in [0.2, 0.25) is 0 Å². The molecule has 0 fully saturated rings. The molecule has 2 aromatic rings. The number of carbonyl (C=O) groups excluding carboxylic acids is 2. The fourth-order valence-electron chi connectivity index (χ4n) is 2.12. The maximum absolute atomic E-state index is 11.6. The molecular weight excluding hydrogens is 332 g/mol. The third-order valence-electron chi connectivity index (χ3n) is 3.42. The summed E-state index contributed by atoms with van der Waals surface area (Å²) < 4.78 is 9.75. The number of methoxy groups -OCH3 is 1. The Bertz CT molecular complexity index is 823. The fourth-order valence-corrected chi connectivity index (χ4v) is 2.12. The smallest absolute Gasteiger partial charge is 0.407 e. The molecule has 6 heteroatoms. The van der Waals surface area contributed by atoms with Crippen LogP contribution in [0.3, 0.4) is 0 Å². The molecule has 0 saturated carbocycles. The number of hydrogen-bond acceptors (Lipinski definition) is 5. The van der Waals surface area contributed by atoms with E-state index < -0.39 is 12.1 Å². The van der Waals surface area contributed by atoms with Crippen LogP contribution in [0.1, 0.15) is 33.6 Å². The Morgan fingerprint density at radius 1 is 1.23 bits per heavy atom. The molecule has 26 heavy (non-hydrogen) atoms. The number of carbonyl (C=O) groups is 2. The van der Waals surface area contributed by atoms with Crippen LogP contribution >= 0.6 is 0 Å². The van der Waals surface area contributed by atoms with Gasteiger partial charge in [0.1, 0.15) is 6.61 Å². The standard InChI is InChI=1S/C20H20N2O4/c1-15-12-17(13-22-18(15)19(23)25-2)10-6-7-11-21-20(24)26-14-16-8-4-3-5-9-16/h3-5,8-9,12-13H,7,11,14H2,1-2H3,(H,21,24).